The highest BCUT2D eigenvalue weighted by molar-refractivity contribution is 6.33. The molecule has 2 rings (SSSR count). The summed E-state index contributed by atoms with van der Waals surface area (Å²) >= 11 is 6.43. The Balaban J connectivity index is 2.09. The molecular formula is C17H27ClN2O. The van der Waals surface area contributed by atoms with Crippen molar-refractivity contribution < 1.29 is 5.11 Å². The first-order valence-electron chi connectivity index (χ1n) is 7.68. The summed E-state index contributed by atoms with van der Waals surface area (Å²) in [5, 5.41) is 13.8. The van der Waals surface area contributed by atoms with Crippen LogP contribution in [-0.4, -0.2) is 30.3 Å². The van der Waals surface area contributed by atoms with Gasteiger partial charge < -0.3 is 15.3 Å². The molecule has 0 aromatic heterocycles. The molecule has 0 amide bonds. The molecule has 0 bridgehead atoms. The molecule has 0 aliphatic heterocycles. The zero-order valence-corrected chi connectivity index (χ0v) is 14.2. The van der Waals surface area contributed by atoms with Crippen LogP contribution >= 0.6 is 11.6 Å². The van der Waals surface area contributed by atoms with E-state index in [1.807, 2.05) is 12.1 Å². The number of hydrogen-bond acceptors (Lipinski definition) is 3. The van der Waals surface area contributed by atoms with E-state index in [4.69, 9.17) is 11.6 Å². The first kappa shape index (κ1) is 16.6. The first-order chi connectivity index (χ1) is 9.76. The van der Waals surface area contributed by atoms with Gasteiger partial charge in [0, 0.05) is 25.7 Å². The van der Waals surface area contributed by atoms with Gasteiger partial charge in [0.1, 0.15) is 0 Å². The highest BCUT2D eigenvalue weighted by Crippen LogP contribution is 2.33. The highest BCUT2D eigenvalue weighted by Gasteiger charge is 2.28. The lowest BCUT2D eigenvalue weighted by atomic mass is 9.82. The minimum atomic E-state index is -0.100. The third-order valence-corrected chi connectivity index (χ3v) is 4.31. The molecule has 2 N–H and O–H groups in total. The number of anilines is 1. The number of benzene rings is 1. The third kappa shape index (κ3) is 4.60. The molecule has 0 saturated heterocycles. The van der Waals surface area contributed by atoms with Crippen molar-refractivity contribution in [2.24, 2.45) is 5.92 Å². The summed E-state index contributed by atoms with van der Waals surface area (Å²) in [5.74, 6) is 0.574. The zero-order valence-electron chi connectivity index (χ0n) is 13.5. The molecule has 3 nitrogen and oxygen atoms in total. The number of nitrogens with one attached hydrogen (secondary N) is 1. The fourth-order valence-corrected chi connectivity index (χ4v) is 3.16. The minimum Gasteiger partial charge on any atom is -0.393 e. The lowest BCUT2D eigenvalue weighted by molar-refractivity contribution is 0.0464. The lowest BCUT2D eigenvalue weighted by Gasteiger charge is -2.36. The van der Waals surface area contributed by atoms with E-state index in [0.29, 0.717) is 5.92 Å². The van der Waals surface area contributed by atoms with Crippen LogP contribution in [0.2, 0.25) is 5.02 Å². The van der Waals surface area contributed by atoms with Crippen LogP contribution < -0.4 is 10.2 Å². The first-order valence-corrected chi connectivity index (χ1v) is 8.05. The van der Waals surface area contributed by atoms with E-state index < -0.39 is 0 Å². The van der Waals surface area contributed by atoms with Crippen LogP contribution in [-0.2, 0) is 6.54 Å². The average Bonchev–Trinajstić information content (AvgIpc) is 2.33. The Morgan fingerprint density at radius 2 is 2.00 bits per heavy atom. The van der Waals surface area contributed by atoms with E-state index in [2.05, 4.69) is 44.1 Å². The summed E-state index contributed by atoms with van der Waals surface area (Å²) in [6.45, 7) is 8.24. The van der Waals surface area contributed by atoms with Gasteiger partial charge in [-0.2, -0.15) is 0 Å². The second kappa shape index (κ2) is 6.55. The van der Waals surface area contributed by atoms with Gasteiger partial charge in [0.25, 0.3) is 0 Å². The van der Waals surface area contributed by atoms with Crippen molar-refractivity contribution in [1.29, 1.82) is 0 Å². The molecule has 4 heteroatoms. The van der Waals surface area contributed by atoms with Crippen LogP contribution in [0.3, 0.4) is 0 Å². The van der Waals surface area contributed by atoms with Gasteiger partial charge in [0.05, 0.1) is 16.8 Å². The number of nitrogens with zero attached hydrogens (tertiary/aromatic N) is 1. The maximum Gasteiger partial charge on any atom is 0.0642 e. The predicted molar refractivity (Wildman–Crippen MR) is 90.0 cm³/mol. The normalized spacial score (nSPS) is 22.0. The standard InChI is InChI=1S/C17H27ClN2O/c1-17(2,3)19-10-13-6-5-7-15(18)16(13)20(4)11-12-8-14(21)9-12/h5-7,12,14,19,21H,8-11H2,1-4H3. The largest absolute Gasteiger partial charge is 0.393 e. The highest BCUT2D eigenvalue weighted by atomic mass is 35.5. The number of hydrogen-bond donors (Lipinski definition) is 2. The molecule has 0 atom stereocenters. The van der Waals surface area contributed by atoms with Crippen molar-refractivity contribution in [3.63, 3.8) is 0 Å². The Morgan fingerprint density at radius 3 is 2.57 bits per heavy atom. The van der Waals surface area contributed by atoms with Gasteiger partial charge in [0.15, 0.2) is 0 Å². The van der Waals surface area contributed by atoms with E-state index in [-0.39, 0.29) is 11.6 Å². The van der Waals surface area contributed by atoms with Gasteiger partial charge in [-0.05, 0) is 51.2 Å². The van der Waals surface area contributed by atoms with Gasteiger partial charge in [-0.25, -0.2) is 0 Å². The summed E-state index contributed by atoms with van der Waals surface area (Å²) < 4.78 is 0. The summed E-state index contributed by atoms with van der Waals surface area (Å²) in [5.41, 5.74) is 2.41. The van der Waals surface area contributed by atoms with Crippen molar-refractivity contribution in [3.8, 4) is 0 Å². The van der Waals surface area contributed by atoms with Gasteiger partial charge in [-0.15, -0.1) is 0 Å². The van der Waals surface area contributed by atoms with Crippen molar-refractivity contribution >= 4 is 17.3 Å². The number of rotatable bonds is 5. The second-order valence-corrected chi connectivity index (χ2v) is 7.63. The number of para-hydroxylation sites is 1. The Hall–Kier alpha value is -0.770. The molecule has 1 aromatic rings. The van der Waals surface area contributed by atoms with Gasteiger partial charge in [-0.1, -0.05) is 23.7 Å². The Labute approximate surface area is 133 Å². The van der Waals surface area contributed by atoms with Crippen LogP contribution in [0.15, 0.2) is 18.2 Å². The fourth-order valence-electron chi connectivity index (χ4n) is 2.82. The summed E-state index contributed by atoms with van der Waals surface area (Å²) in [4.78, 5) is 2.23. The molecular weight excluding hydrogens is 284 g/mol. The lowest BCUT2D eigenvalue weighted by Crippen LogP contribution is -2.38. The Morgan fingerprint density at radius 1 is 1.33 bits per heavy atom. The van der Waals surface area contributed by atoms with Crippen LogP contribution in [0, 0.1) is 5.92 Å². The number of halogens is 1. The molecule has 1 fully saturated rings. The van der Waals surface area contributed by atoms with E-state index >= 15 is 0 Å². The molecule has 21 heavy (non-hydrogen) atoms. The third-order valence-electron chi connectivity index (χ3n) is 4.00. The Bertz CT molecular complexity index is 478. The SMILES string of the molecule is CN(CC1CC(O)C1)c1c(Cl)cccc1CNC(C)(C)C. The van der Waals surface area contributed by atoms with Crippen LogP contribution in [0.4, 0.5) is 5.69 Å². The summed E-state index contributed by atoms with van der Waals surface area (Å²) in [7, 11) is 2.09. The molecule has 1 aromatic carbocycles. The van der Waals surface area contributed by atoms with Crippen molar-refractivity contribution in [3.05, 3.63) is 28.8 Å². The van der Waals surface area contributed by atoms with Crippen molar-refractivity contribution in [2.45, 2.75) is 51.8 Å². The summed E-state index contributed by atoms with van der Waals surface area (Å²) in [6, 6.07) is 6.09. The molecule has 1 aliphatic carbocycles. The van der Waals surface area contributed by atoms with E-state index in [1.54, 1.807) is 0 Å². The van der Waals surface area contributed by atoms with Crippen molar-refractivity contribution in [2.75, 3.05) is 18.5 Å². The maximum absolute atomic E-state index is 9.43. The topological polar surface area (TPSA) is 35.5 Å². The molecule has 0 heterocycles. The van der Waals surface area contributed by atoms with E-state index in [1.165, 1.54) is 5.56 Å². The molecule has 0 radical (unpaired) electrons. The number of aliphatic hydroxyl groups is 1. The molecule has 118 valence electrons. The predicted octanol–water partition coefficient (Wildman–Crippen LogP) is 3.44. The van der Waals surface area contributed by atoms with E-state index in [0.717, 1.165) is 36.6 Å². The maximum atomic E-state index is 9.43. The van der Waals surface area contributed by atoms with Crippen molar-refractivity contribution in [1.82, 2.24) is 5.32 Å². The fraction of sp³-hybridized carbons (Fsp3) is 0.647. The molecule has 0 spiro atoms. The minimum absolute atomic E-state index is 0.0796. The van der Waals surface area contributed by atoms with E-state index in [9.17, 15) is 5.11 Å². The van der Waals surface area contributed by atoms with Gasteiger partial charge in [-0.3, -0.25) is 0 Å². The van der Waals surface area contributed by atoms with Crippen LogP contribution in [0.5, 0.6) is 0 Å². The molecule has 1 saturated carbocycles. The average molecular weight is 311 g/mol. The number of aliphatic hydroxyl groups excluding tert-OH is 1. The van der Waals surface area contributed by atoms with Gasteiger partial charge in [0.2, 0.25) is 0 Å². The van der Waals surface area contributed by atoms with Crippen LogP contribution in [0.25, 0.3) is 0 Å². The molecule has 0 unspecified atom stereocenters. The quantitative estimate of drug-likeness (QED) is 0.874. The second-order valence-electron chi connectivity index (χ2n) is 7.22. The molecule has 1 aliphatic rings. The van der Waals surface area contributed by atoms with Crippen LogP contribution in [0.1, 0.15) is 39.2 Å². The van der Waals surface area contributed by atoms with Gasteiger partial charge >= 0.3 is 0 Å². The smallest absolute Gasteiger partial charge is 0.0642 e. The zero-order chi connectivity index (χ0) is 15.6. The Kier molecular flexibility index (Phi) is 5.18. The summed E-state index contributed by atoms with van der Waals surface area (Å²) in [6.07, 6.45) is 1.71. The monoisotopic (exact) mass is 310 g/mol.